The van der Waals surface area contributed by atoms with E-state index in [0.717, 1.165) is 30.3 Å². The number of likely N-dealkylation sites (tertiary alicyclic amines) is 1. The number of hydrogen-bond acceptors (Lipinski definition) is 2. The molecular formula is C22H23BrN2O2. The van der Waals surface area contributed by atoms with Crippen molar-refractivity contribution >= 4 is 27.7 Å². The quantitative estimate of drug-likeness (QED) is 0.730. The van der Waals surface area contributed by atoms with Crippen molar-refractivity contribution in [2.24, 2.45) is 5.92 Å². The van der Waals surface area contributed by atoms with Crippen LogP contribution in [0.2, 0.25) is 0 Å². The fourth-order valence-electron chi connectivity index (χ4n) is 4.05. The van der Waals surface area contributed by atoms with E-state index in [1.54, 1.807) is 0 Å². The lowest BCUT2D eigenvalue weighted by molar-refractivity contribution is -0.137. The first-order valence-electron chi connectivity index (χ1n) is 9.52. The summed E-state index contributed by atoms with van der Waals surface area (Å²) in [4.78, 5) is 29.5. The zero-order valence-electron chi connectivity index (χ0n) is 15.2. The third-order valence-electron chi connectivity index (χ3n) is 5.66. The number of hydrogen-bond donors (Lipinski definition) is 0. The molecule has 0 N–H and O–H groups in total. The predicted octanol–water partition coefficient (Wildman–Crippen LogP) is 3.89. The molecule has 2 aliphatic rings. The first-order valence-corrected chi connectivity index (χ1v) is 10.3. The molecule has 2 aliphatic heterocycles. The zero-order chi connectivity index (χ0) is 18.8. The molecule has 0 saturated carbocycles. The molecule has 2 aromatic carbocycles. The summed E-state index contributed by atoms with van der Waals surface area (Å²) in [5.41, 5.74) is 3.33. The number of benzene rings is 2. The second-order valence-corrected chi connectivity index (χ2v) is 8.27. The summed E-state index contributed by atoms with van der Waals surface area (Å²) in [6, 6.07) is 15.8. The van der Waals surface area contributed by atoms with E-state index in [1.165, 1.54) is 11.1 Å². The summed E-state index contributed by atoms with van der Waals surface area (Å²) in [7, 11) is 0. The summed E-state index contributed by atoms with van der Waals surface area (Å²) in [6.07, 6.45) is 2.43. The Labute approximate surface area is 168 Å². The highest BCUT2D eigenvalue weighted by Crippen LogP contribution is 2.25. The minimum absolute atomic E-state index is 0.0317. The van der Waals surface area contributed by atoms with Crippen LogP contribution in [0.15, 0.2) is 53.0 Å². The van der Waals surface area contributed by atoms with E-state index >= 15 is 0 Å². The van der Waals surface area contributed by atoms with Crippen molar-refractivity contribution < 1.29 is 9.59 Å². The molecular weight excluding hydrogens is 404 g/mol. The van der Waals surface area contributed by atoms with Gasteiger partial charge in [-0.2, -0.15) is 0 Å². The van der Waals surface area contributed by atoms with Crippen molar-refractivity contribution in [3.63, 3.8) is 0 Å². The van der Waals surface area contributed by atoms with Crippen molar-refractivity contribution in [2.75, 3.05) is 19.6 Å². The summed E-state index contributed by atoms with van der Waals surface area (Å²) in [5, 5.41) is 0. The Bertz CT molecular complexity index is 842. The van der Waals surface area contributed by atoms with Crippen LogP contribution >= 0.6 is 15.9 Å². The van der Waals surface area contributed by atoms with Gasteiger partial charge in [0.15, 0.2) is 0 Å². The molecule has 27 heavy (non-hydrogen) atoms. The molecule has 4 nitrogen and oxygen atoms in total. The number of rotatable bonds is 2. The van der Waals surface area contributed by atoms with Gasteiger partial charge >= 0.3 is 0 Å². The Balaban J connectivity index is 1.34. The predicted molar refractivity (Wildman–Crippen MR) is 108 cm³/mol. The highest BCUT2D eigenvalue weighted by Gasteiger charge is 2.31. The summed E-state index contributed by atoms with van der Waals surface area (Å²) in [5.74, 6) is 0.338. The van der Waals surface area contributed by atoms with Gasteiger partial charge in [-0.25, -0.2) is 0 Å². The Morgan fingerprint density at radius 1 is 0.852 bits per heavy atom. The number of fused-ring (bicyclic) bond motifs is 1. The highest BCUT2D eigenvalue weighted by atomic mass is 79.9. The van der Waals surface area contributed by atoms with Crippen molar-refractivity contribution in [2.45, 2.75) is 25.8 Å². The lowest BCUT2D eigenvalue weighted by atomic mass is 9.92. The van der Waals surface area contributed by atoms with Gasteiger partial charge in [0.1, 0.15) is 0 Å². The summed E-state index contributed by atoms with van der Waals surface area (Å²) >= 11 is 3.40. The number of piperidine rings is 1. The standard InChI is InChI=1S/C22H23BrN2O2/c23-20-7-5-17(6-8-20)21(26)24-12-10-18(11-13-24)22(27)25-14-9-16-3-1-2-4-19(16)15-25/h1-8,18H,9-15H2. The average molecular weight is 427 g/mol. The van der Waals surface area contributed by atoms with E-state index < -0.39 is 0 Å². The number of halogens is 1. The molecule has 2 aromatic rings. The first kappa shape index (κ1) is 18.2. The van der Waals surface area contributed by atoms with Crippen molar-refractivity contribution in [1.29, 1.82) is 0 Å². The van der Waals surface area contributed by atoms with Crippen LogP contribution in [-0.2, 0) is 17.8 Å². The molecule has 140 valence electrons. The van der Waals surface area contributed by atoms with Crippen LogP contribution in [0.1, 0.15) is 34.3 Å². The van der Waals surface area contributed by atoms with Crippen LogP contribution in [-0.4, -0.2) is 41.2 Å². The van der Waals surface area contributed by atoms with Crippen LogP contribution in [0.25, 0.3) is 0 Å². The van der Waals surface area contributed by atoms with E-state index in [2.05, 4.69) is 34.1 Å². The lowest BCUT2D eigenvalue weighted by Gasteiger charge is -2.36. The maximum atomic E-state index is 13.0. The largest absolute Gasteiger partial charge is 0.339 e. The molecule has 1 saturated heterocycles. The fraction of sp³-hybridized carbons (Fsp3) is 0.364. The molecule has 0 aromatic heterocycles. The number of amides is 2. The Morgan fingerprint density at radius 2 is 1.52 bits per heavy atom. The van der Waals surface area contributed by atoms with Gasteiger partial charge in [0.25, 0.3) is 5.91 Å². The maximum Gasteiger partial charge on any atom is 0.253 e. The van der Waals surface area contributed by atoms with Crippen LogP contribution in [0.4, 0.5) is 0 Å². The highest BCUT2D eigenvalue weighted by molar-refractivity contribution is 9.10. The molecule has 5 heteroatoms. The van der Waals surface area contributed by atoms with Crippen LogP contribution in [0.5, 0.6) is 0 Å². The van der Waals surface area contributed by atoms with Gasteiger partial charge in [-0.1, -0.05) is 40.2 Å². The second kappa shape index (κ2) is 7.85. The molecule has 0 unspecified atom stereocenters. The maximum absolute atomic E-state index is 13.0. The zero-order valence-corrected chi connectivity index (χ0v) is 16.8. The molecule has 0 bridgehead atoms. The minimum Gasteiger partial charge on any atom is -0.339 e. The Morgan fingerprint density at radius 3 is 2.22 bits per heavy atom. The molecule has 0 atom stereocenters. The minimum atomic E-state index is 0.0317. The number of nitrogens with zero attached hydrogens (tertiary/aromatic N) is 2. The third-order valence-corrected chi connectivity index (χ3v) is 6.19. The smallest absolute Gasteiger partial charge is 0.253 e. The van der Waals surface area contributed by atoms with Gasteiger partial charge in [-0.05, 0) is 54.7 Å². The van der Waals surface area contributed by atoms with E-state index in [1.807, 2.05) is 40.1 Å². The van der Waals surface area contributed by atoms with Gasteiger partial charge in [0, 0.05) is 42.1 Å². The molecule has 0 spiro atoms. The summed E-state index contributed by atoms with van der Waals surface area (Å²) in [6.45, 7) is 2.81. The van der Waals surface area contributed by atoms with Crippen LogP contribution in [0.3, 0.4) is 0 Å². The molecule has 0 radical (unpaired) electrons. The topological polar surface area (TPSA) is 40.6 Å². The third kappa shape index (κ3) is 3.93. The average Bonchev–Trinajstić information content (AvgIpc) is 2.73. The van der Waals surface area contributed by atoms with Gasteiger partial charge in [0.05, 0.1) is 0 Å². The van der Waals surface area contributed by atoms with Crippen molar-refractivity contribution in [3.05, 3.63) is 69.7 Å². The van der Waals surface area contributed by atoms with Crippen molar-refractivity contribution in [1.82, 2.24) is 9.80 Å². The molecule has 2 amide bonds. The number of carbonyl (C=O) groups excluding carboxylic acids is 2. The van der Waals surface area contributed by atoms with Gasteiger partial charge in [-0.3, -0.25) is 9.59 Å². The van der Waals surface area contributed by atoms with Gasteiger partial charge in [0.2, 0.25) is 5.91 Å². The van der Waals surface area contributed by atoms with E-state index in [-0.39, 0.29) is 17.7 Å². The van der Waals surface area contributed by atoms with Gasteiger partial charge < -0.3 is 9.80 Å². The van der Waals surface area contributed by atoms with Gasteiger partial charge in [-0.15, -0.1) is 0 Å². The molecule has 2 heterocycles. The van der Waals surface area contributed by atoms with Crippen LogP contribution < -0.4 is 0 Å². The van der Waals surface area contributed by atoms with Crippen LogP contribution in [0, 0.1) is 5.92 Å². The molecule has 0 aliphatic carbocycles. The molecule has 1 fully saturated rings. The first-order chi connectivity index (χ1) is 13.1. The second-order valence-electron chi connectivity index (χ2n) is 7.35. The normalized spacial score (nSPS) is 17.5. The monoisotopic (exact) mass is 426 g/mol. The number of carbonyl (C=O) groups is 2. The van der Waals surface area contributed by atoms with E-state index in [4.69, 9.17) is 0 Å². The SMILES string of the molecule is O=C(c1ccc(Br)cc1)N1CCC(C(=O)N2CCc3ccccc3C2)CC1. The molecule has 4 rings (SSSR count). The Hall–Kier alpha value is -2.14. The fourth-order valence-corrected chi connectivity index (χ4v) is 4.31. The van der Waals surface area contributed by atoms with Crippen molar-refractivity contribution in [3.8, 4) is 0 Å². The lowest BCUT2D eigenvalue weighted by Crippen LogP contribution is -2.45. The summed E-state index contributed by atoms with van der Waals surface area (Å²) < 4.78 is 0.964. The Kier molecular flexibility index (Phi) is 5.30. The van der Waals surface area contributed by atoms with E-state index in [9.17, 15) is 9.59 Å². The van der Waals surface area contributed by atoms with E-state index in [0.29, 0.717) is 25.2 Å².